The molecule has 0 saturated heterocycles. The molecule has 0 heterocycles. The molecule has 1 N–H and O–H groups in total. The maximum absolute atomic E-state index is 12.0. The van der Waals surface area contributed by atoms with Crippen LogP contribution in [0.4, 0.5) is 0 Å². The Hall–Kier alpha value is -1.38. The Labute approximate surface area is 109 Å². The number of rotatable bonds is 5. The topological polar surface area (TPSA) is 70.0 Å². The van der Waals surface area contributed by atoms with Gasteiger partial charge in [0.1, 0.15) is 0 Å². The summed E-state index contributed by atoms with van der Waals surface area (Å²) < 4.78 is 26.7. The second kappa shape index (κ2) is 5.51. The summed E-state index contributed by atoms with van der Waals surface area (Å²) in [5.74, 6) is 0. The number of nitrogens with one attached hydrogen (secondary N) is 1. The van der Waals surface area contributed by atoms with E-state index in [4.69, 9.17) is 5.26 Å². The van der Waals surface area contributed by atoms with Gasteiger partial charge in [0.15, 0.2) is 0 Å². The van der Waals surface area contributed by atoms with Crippen LogP contribution < -0.4 is 4.72 Å². The van der Waals surface area contributed by atoms with Crippen LogP contribution in [0.3, 0.4) is 0 Å². The van der Waals surface area contributed by atoms with Crippen molar-refractivity contribution >= 4 is 10.0 Å². The van der Waals surface area contributed by atoms with Crippen LogP contribution in [0, 0.1) is 16.7 Å². The molecule has 0 aliphatic heterocycles. The molecule has 0 amide bonds. The molecular weight excluding hydrogens is 248 g/mol. The van der Waals surface area contributed by atoms with Gasteiger partial charge in [0.2, 0.25) is 10.0 Å². The fourth-order valence-corrected chi connectivity index (χ4v) is 2.52. The van der Waals surface area contributed by atoms with Gasteiger partial charge in [-0.2, -0.15) is 5.26 Å². The van der Waals surface area contributed by atoms with Crippen LogP contribution in [0.15, 0.2) is 29.2 Å². The number of hydrogen-bond acceptors (Lipinski definition) is 3. The fraction of sp³-hybridized carbons (Fsp3) is 0.462. The van der Waals surface area contributed by atoms with Gasteiger partial charge < -0.3 is 0 Å². The smallest absolute Gasteiger partial charge is 0.211 e. The van der Waals surface area contributed by atoms with Gasteiger partial charge in [0.25, 0.3) is 0 Å². The highest BCUT2D eigenvalue weighted by Crippen LogP contribution is 2.19. The molecule has 0 saturated carbocycles. The largest absolute Gasteiger partial charge is 0.240 e. The van der Waals surface area contributed by atoms with Crippen molar-refractivity contribution in [2.45, 2.75) is 32.1 Å². The van der Waals surface area contributed by atoms with Crippen molar-refractivity contribution in [3.8, 4) is 6.07 Å². The average Bonchev–Trinajstić information content (AvgIpc) is 2.37. The molecular formula is C13H18N2O2S. The Kier molecular flexibility index (Phi) is 4.49. The van der Waals surface area contributed by atoms with Crippen molar-refractivity contribution in [3.63, 3.8) is 0 Å². The third kappa shape index (κ3) is 3.83. The van der Waals surface area contributed by atoms with Crippen molar-refractivity contribution in [2.24, 2.45) is 5.41 Å². The van der Waals surface area contributed by atoms with Gasteiger partial charge in [0.05, 0.1) is 16.5 Å². The minimum absolute atomic E-state index is 0.0834. The lowest BCUT2D eigenvalue weighted by Crippen LogP contribution is -2.33. The Bertz CT molecular complexity index is 557. The number of hydrogen-bond donors (Lipinski definition) is 1. The van der Waals surface area contributed by atoms with Crippen LogP contribution in [0.1, 0.15) is 32.8 Å². The van der Waals surface area contributed by atoms with Gasteiger partial charge in [-0.25, -0.2) is 13.1 Å². The summed E-state index contributed by atoms with van der Waals surface area (Å²) in [4.78, 5) is 0.133. The summed E-state index contributed by atoms with van der Waals surface area (Å²) in [5.41, 5.74) is 0.257. The molecule has 4 nitrogen and oxygen atoms in total. The van der Waals surface area contributed by atoms with Gasteiger partial charge in [-0.15, -0.1) is 0 Å². The quantitative estimate of drug-likeness (QED) is 0.888. The van der Waals surface area contributed by atoms with Crippen molar-refractivity contribution in [3.05, 3.63) is 29.8 Å². The maximum Gasteiger partial charge on any atom is 0.240 e. The predicted molar refractivity (Wildman–Crippen MR) is 70.4 cm³/mol. The van der Waals surface area contributed by atoms with E-state index in [1.165, 1.54) is 12.1 Å². The van der Waals surface area contributed by atoms with E-state index in [0.717, 1.165) is 6.42 Å². The number of nitrogens with zero attached hydrogens (tertiary/aromatic N) is 1. The molecule has 0 aromatic heterocycles. The summed E-state index contributed by atoms with van der Waals surface area (Å²) in [6, 6.07) is 7.94. The molecule has 18 heavy (non-hydrogen) atoms. The highest BCUT2D eigenvalue weighted by Gasteiger charge is 2.20. The van der Waals surface area contributed by atoms with Crippen LogP contribution >= 0.6 is 0 Å². The highest BCUT2D eigenvalue weighted by atomic mass is 32.2. The first-order valence-electron chi connectivity index (χ1n) is 5.80. The molecule has 1 aromatic carbocycles. The van der Waals surface area contributed by atoms with E-state index in [-0.39, 0.29) is 10.3 Å². The molecule has 1 aromatic rings. The van der Waals surface area contributed by atoms with E-state index in [0.29, 0.717) is 12.1 Å². The van der Waals surface area contributed by atoms with E-state index >= 15 is 0 Å². The SMILES string of the molecule is CCC(C)(C)CNS(=O)(=O)c1cccc(C#N)c1. The van der Waals surface area contributed by atoms with Gasteiger partial charge in [-0.05, 0) is 30.0 Å². The van der Waals surface area contributed by atoms with Crippen molar-refractivity contribution in [2.75, 3.05) is 6.54 Å². The third-order valence-electron chi connectivity index (χ3n) is 2.97. The molecule has 5 heteroatoms. The van der Waals surface area contributed by atoms with Gasteiger partial charge >= 0.3 is 0 Å². The van der Waals surface area contributed by atoms with E-state index in [2.05, 4.69) is 4.72 Å². The van der Waals surface area contributed by atoms with Gasteiger partial charge in [-0.1, -0.05) is 26.8 Å². The maximum atomic E-state index is 12.0. The second-order valence-corrected chi connectivity index (χ2v) is 6.75. The fourth-order valence-electron chi connectivity index (χ4n) is 1.23. The molecule has 0 aliphatic carbocycles. The lowest BCUT2D eigenvalue weighted by molar-refractivity contribution is 0.350. The summed E-state index contributed by atoms with van der Waals surface area (Å²) in [6.45, 7) is 6.40. The van der Waals surface area contributed by atoms with Crippen LogP contribution in [-0.2, 0) is 10.0 Å². The first-order chi connectivity index (χ1) is 8.30. The number of nitriles is 1. The Morgan fingerprint density at radius 2 is 2.06 bits per heavy atom. The molecule has 1 rings (SSSR count). The lowest BCUT2D eigenvalue weighted by atomic mass is 9.91. The van der Waals surface area contributed by atoms with Crippen molar-refractivity contribution < 1.29 is 8.42 Å². The zero-order valence-electron chi connectivity index (χ0n) is 10.9. The predicted octanol–water partition coefficient (Wildman–Crippen LogP) is 2.27. The summed E-state index contributed by atoms with van der Waals surface area (Å²) in [7, 11) is -3.54. The Morgan fingerprint density at radius 1 is 1.39 bits per heavy atom. The zero-order valence-corrected chi connectivity index (χ0v) is 11.7. The van der Waals surface area contributed by atoms with Crippen LogP contribution in [0.5, 0.6) is 0 Å². The molecule has 0 unspecified atom stereocenters. The van der Waals surface area contributed by atoms with Crippen LogP contribution in [0.2, 0.25) is 0 Å². The van der Waals surface area contributed by atoms with E-state index in [1.54, 1.807) is 12.1 Å². The van der Waals surface area contributed by atoms with Gasteiger partial charge in [0, 0.05) is 6.54 Å². The van der Waals surface area contributed by atoms with E-state index in [1.807, 2.05) is 26.8 Å². The van der Waals surface area contributed by atoms with Crippen molar-refractivity contribution in [1.82, 2.24) is 4.72 Å². The molecule has 0 atom stereocenters. The highest BCUT2D eigenvalue weighted by molar-refractivity contribution is 7.89. The van der Waals surface area contributed by atoms with Crippen molar-refractivity contribution in [1.29, 1.82) is 5.26 Å². The second-order valence-electron chi connectivity index (χ2n) is 4.98. The standard InChI is InChI=1S/C13H18N2O2S/c1-4-13(2,3)10-15-18(16,17)12-7-5-6-11(8-12)9-14/h5-8,15H,4,10H2,1-3H3. The van der Waals surface area contributed by atoms with Crippen LogP contribution in [0.25, 0.3) is 0 Å². The van der Waals surface area contributed by atoms with Gasteiger partial charge in [-0.3, -0.25) is 0 Å². The molecule has 0 fully saturated rings. The minimum Gasteiger partial charge on any atom is -0.211 e. The first-order valence-corrected chi connectivity index (χ1v) is 7.29. The van der Waals surface area contributed by atoms with E-state index < -0.39 is 10.0 Å². The lowest BCUT2D eigenvalue weighted by Gasteiger charge is -2.22. The molecule has 98 valence electrons. The molecule has 0 spiro atoms. The molecule has 0 radical (unpaired) electrons. The average molecular weight is 266 g/mol. The monoisotopic (exact) mass is 266 g/mol. The molecule has 0 bridgehead atoms. The minimum atomic E-state index is -3.54. The Balaban J connectivity index is 2.91. The molecule has 0 aliphatic rings. The number of benzene rings is 1. The number of sulfonamides is 1. The summed E-state index contributed by atoms with van der Waals surface area (Å²) >= 11 is 0. The Morgan fingerprint density at radius 3 is 2.61 bits per heavy atom. The summed E-state index contributed by atoms with van der Waals surface area (Å²) in [5, 5.41) is 8.76. The normalized spacial score (nSPS) is 12.1. The third-order valence-corrected chi connectivity index (χ3v) is 4.37. The first kappa shape index (κ1) is 14.7. The van der Waals surface area contributed by atoms with Crippen LogP contribution in [-0.4, -0.2) is 15.0 Å². The zero-order chi connectivity index (χ0) is 13.8. The summed E-state index contributed by atoms with van der Waals surface area (Å²) in [6.07, 6.45) is 0.883. The van der Waals surface area contributed by atoms with E-state index in [9.17, 15) is 8.42 Å².